The van der Waals surface area contributed by atoms with Crippen LogP contribution in [0.25, 0.3) is 21.9 Å². The van der Waals surface area contributed by atoms with E-state index in [-0.39, 0.29) is 18.2 Å². The summed E-state index contributed by atoms with van der Waals surface area (Å²) < 4.78 is 6.25. The van der Waals surface area contributed by atoms with E-state index in [1.165, 1.54) is 28.0 Å². The van der Waals surface area contributed by atoms with Crippen molar-refractivity contribution in [3.05, 3.63) is 87.2 Å². The van der Waals surface area contributed by atoms with Crippen molar-refractivity contribution in [2.24, 2.45) is 0 Å². The molecule has 1 aliphatic carbocycles. The molecule has 0 fully saturated rings. The largest absolute Gasteiger partial charge is 0.437 e. The van der Waals surface area contributed by atoms with Crippen molar-refractivity contribution in [3.8, 4) is 21.9 Å². The Bertz CT molecular complexity index is 1220. The molecule has 2 aromatic heterocycles. The summed E-state index contributed by atoms with van der Waals surface area (Å²) in [4.78, 5) is 25.5. The number of nitrogens with zero attached hydrogens (tertiary/aromatic N) is 2. The first-order valence-electron chi connectivity index (χ1n) is 8.55. The molecule has 132 valence electrons. The van der Waals surface area contributed by atoms with E-state index in [0.717, 1.165) is 21.5 Å². The Hall–Kier alpha value is -3.25. The van der Waals surface area contributed by atoms with Gasteiger partial charge in [-0.15, -0.1) is 16.4 Å². The first-order valence-corrected chi connectivity index (χ1v) is 9.43. The number of ketones is 1. The molecule has 0 spiro atoms. The van der Waals surface area contributed by atoms with Gasteiger partial charge in [0.05, 0.1) is 4.88 Å². The highest BCUT2D eigenvalue weighted by Crippen LogP contribution is 2.36. The lowest BCUT2D eigenvalue weighted by Crippen LogP contribution is -2.21. The van der Waals surface area contributed by atoms with Crippen LogP contribution in [0.3, 0.4) is 0 Å². The van der Waals surface area contributed by atoms with Crippen molar-refractivity contribution in [3.63, 3.8) is 0 Å². The summed E-state index contributed by atoms with van der Waals surface area (Å²) in [7, 11) is 0. The van der Waals surface area contributed by atoms with Crippen molar-refractivity contribution in [1.82, 2.24) is 9.78 Å². The van der Waals surface area contributed by atoms with Gasteiger partial charge in [-0.25, -0.2) is 4.79 Å². The van der Waals surface area contributed by atoms with Crippen LogP contribution in [-0.4, -0.2) is 15.6 Å². The van der Waals surface area contributed by atoms with Crippen LogP contribution < -0.4 is 5.76 Å². The topological polar surface area (TPSA) is 65.1 Å². The highest BCUT2D eigenvalue weighted by molar-refractivity contribution is 7.13. The summed E-state index contributed by atoms with van der Waals surface area (Å²) in [5, 5.41) is 6.03. The Morgan fingerprint density at radius 1 is 1.07 bits per heavy atom. The van der Waals surface area contributed by atoms with Crippen LogP contribution in [0.5, 0.6) is 0 Å². The third-order valence-corrected chi connectivity index (χ3v) is 5.61. The van der Waals surface area contributed by atoms with Crippen LogP contribution in [0.1, 0.15) is 21.5 Å². The standard InChI is InChI=1S/C21H14N2O3S/c24-18(12-23-21(25)26-20(22-23)19-6-3-9-27-19)15-8-7-14-10-13-4-1-2-5-16(13)17(14)11-15/h1-9,11H,10,12H2. The molecular formula is C21H14N2O3S. The van der Waals surface area contributed by atoms with Gasteiger partial charge < -0.3 is 4.42 Å². The van der Waals surface area contributed by atoms with E-state index in [1.807, 2.05) is 47.8 Å². The summed E-state index contributed by atoms with van der Waals surface area (Å²) in [6.07, 6.45) is 0.882. The molecule has 0 atom stereocenters. The van der Waals surface area contributed by atoms with E-state index in [0.29, 0.717) is 5.56 Å². The highest BCUT2D eigenvalue weighted by atomic mass is 32.1. The van der Waals surface area contributed by atoms with Gasteiger partial charge in [0.15, 0.2) is 5.78 Å². The quantitative estimate of drug-likeness (QED) is 0.446. The normalized spacial score (nSPS) is 12.0. The average Bonchev–Trinajstić information content (AvgIpc) is 3.40. The first kappa shape index (κ1) is 16.0. The van der Waals surface area contributed by atoms with Gasteiger partial charge in [-0.1, -0.05) is 42.5 Å². The molecule has 5 rings (SSSR count). The molecule has 0 amide bonds. The number of hydrogen-bond donors (Lipinski definition) is 0. The second-order valence-corrected chi connectivity index (χ2v) is 7.38. The molecule has 0 aliphatic heterocycles. The van der Waals surface area contributed by atoms with Gasteiger partial charge in [0.1, 0.15) is 6.54 Å². The number of thiophene rings is 1. The van der Waals surface area contributed by atoms with Crippen LogP contribution in [0.15, 0.2) is 69.2 Å². The zero-order valence-corrected chi connectivity index (χ0v) is 15.0. The number of benzene rings is 2. The van der Waals surface area contributed by atoms with Crippen molar-refractivity contribution < 1.29 is 9.21 Å². The van der Waals surface area contributed by atoms with E-state index < -0.39 is 5.76 Å². The Balaban J connectivity index is 1.44. The minimum atomic E-state index is -0.627. The lowest BCUT2D eigenvalue weighted by atomic mass is 10.0. The predicted octanol–water partition coefficient (Wildman–Crippen LogP) is 4.02. The van der Waals surface area contributed by atoms with Crippen LogP contribution >= 0.6 is 11.3 Å². The summed E-state index contributed by atoms with van der Waals surface area (Å²) in [5.41, 5.74) is 5.30. The Morgan fingerprint density at radius 3 is 2.78 bits per heavy atom. The molecule has 2 aromatic carbocycles. The maximum Gasteiger partial charge on any atom is 0.437 e. The van der Waals surface area contributed by atoms with Gasteiger partial charge in [0.25, 0.3) is 5.89 Å². The molecule has 0 N–H and O–H groups in total. The van der Waals surface area contributed by atoms with Crippen LogP contribution in [-0.2, 0) is 13.0 Å². The zero-order chi connectivity index (χ0) is 18.4. The van der Waals surface area contributed by atoms with Gasteiger partial charge in [0, 0.05) is 5.56 Å². The highest BCUT2D eigenvalue weighted by Gasteiger charge is 2.20. The van der Waals surface area contributed by atoms with Crippen LogP contribution in [0.2, 0.25) is 0 Å². The second kappa shape index (κ2) is 6.17. The molecule has 0 radical (unpaired) electrons. The number of aromatic nitrogens is 2. The number of carbonyl (C=O) groups is 1. The molecule has 1 aliphatic rings. The molecular weight excluding hydrogens is 360 g/mol. The lowest BCUT2D eigenvalue weighted by Gasteiger charge is -2.05. The molecule has 0 saturated heterocycles. The maximum atomic E-state index is 12.7. The van der Waals surface area contributed by atoms with E-state index in [2.05, 4.69) is 17.2 Å². The second-order valence-electron chi connectivity index (χ2n) is 6.44. The third-order valence-electron chi connectivity index (χ3n) is 4.75. The minimum Gasteiger partial charge on any atom is -0.387 e. The molecule has 0 saturated carbocycles. The van der Waals surface area contributed by atoms with E-state index >= 15 is 0 Å². The van der Waals surface area contributed by atoms with Crippen LogP contribution in [0.4, 0.5) is 0 Å². The van der Waals surface area contributed by atoms with Gasteiger partial charge in [-0.3, -0.25) is 4.79 Å². The molecule has 27 heavy (non-hydrogen) atoms. The molecule has 2 heterocycles. The minimum absolute atomic E-state index is 0.145. The maximum absolute atomic E-state index is 12.7. The van der Waals surface area contributed by atoms with E-state index in [9.17, 15) is 9.59 Å². The first-order chi connectivity index (χ1) is 13.2. The van der Waals surface area contributed by atoms with Crippen molar-refractivity contribution in [2.75, 3.05) is 0 Å². The fourth-order valence-electron chi connectivity index (χ4n) is 3.43. The Labute approximate surface area is 158 Å². The number of fused-ring (bicyclic) bond motifs is 3. The molecule has 0 bridgehead atoms. The molecule has 5 nitrogen and oxygen atoms in total. The van der Waals surface area contributed by atoms with Gasteiger partial charge >= 0.3 is 5.76 Å². The molecule has 0 unspecified atom stereocenters. The van der Waals surface area contributed by atoms with Gasteiger partial charge in [-0.2, -0.15) is 4.68 Å². The lowest BCUT2D eigenvalue weighted by molar-refractivity contribution is 0.0965. The number of rotatable bonds is 4. The SMILES string of the molecule is O=C(Cn1nc(-c2cccs2)oc1=O)c1ccc2c(c1)-c1ccccc1C2. The Kier molecular flexibility index (Phi) is 3.65. The Morgan fingerprint density at radius 2 is 1.93 bits per heavy atom. The summed E-state index contributed by atoms with van der Waals surface area (Å²) >= 11 is 1.43. The monoisotopic (exact) mass is 374 g/mol. The third kappa shape index (κ3) is 2.74. The summed E-state index contributed by atoms with van der Waals surface area (Å²) in [6, 6.07) is 17.6. The van der Waals surface area contributed by atoms with Gasteiger partial charge in [-0.05, 0) is 46.2 Å². The number of hydrogen-bond acceptors (Lipinski definition) is 5. The van der Waals surface area contributed by atoms with Crippen molar-refractivity contribution >= 4 is 17.1 Å². The van der Waals surface area contributed by atoms with E-state index in [1.54, 1.807) is 0 Å². The van der Waals surface area contributed by atoms with Crippen molar-refractivity contribution in [2.45, 2.75) is 13.0 Å². The van der Waals surface area contributed by atoms with Gasteiger partial charge in [0.2, 0.25) is 0 Å². The fraction of sp³-hybridized carbons (Fsp3) is 0.0952. The van der Waals surface area contributed by atoms with Crippen molar-refractivity contribution in [1.29, 1.82) is 0 Å². The summed E-state index contributed by atoms with van der Waals surface area (Å²) in [6.45, 7) is -0.145. The van der Waals surface area contributed by atoms with E-state index in [4.69, 9.17) is 4.42 Å². The van der Waals surface area contributed by atoms with Crippen LogP contribution in [0, 0.1) is 0 Å². The molecule has 6 heteroatoms. The number of carbonyl (C=O) groups excluding carboxylic acids is 1. The summed E-state index contributed by atoms with van der Waals surface area (Å²) in [5.74, 6) is -0.556. The molecule has 4 aromatic rings. The predicted molar refractivity (Wildman–Crippen MR) is 103 cm³/mol. The fourth-order valence-corrected chi connectivity index (χ4v) is 4.07. The average molecular weight is 374 g/mol. The smallest absolute Gasteiger partial charge is 0.387 e. The zero-order valence-electron chi connectivity index (χ0n) is 14.2. The number of Topliss-reactive ketones (excluding diaryl/α,β-unsaturated/α-hetero) is 1.